The van der Waals surface area contributed by atoms with Gasteiger partial charge in [-0.05, 0) is 25.0 Å². The number of carbonyl (C=O) groups excluding carboxylic acids is 2. The van der Waals surface area contributed by atoms with Crippen LogP contribution in [0.2, 0.25) is 0 Å². The van der Waals surface area contributed by atoms with E-state index < -0.39 is 5.91 Å². The van der Waals surface area contributed by atoms with E-state index in [1.165, 1.54) is 11.8 Å². The van der Waals surface area contributed by atoms with Gasteiger partial charge in [-0.15, -0.1) is 10.2 Å². The van der Waals surface area contributed by atoms with Gasteiger partial charge < -0.3 is 15.6 Å². The van der Waals surface area contributed by atoms with Crippen molar-refractivity contribution in [2.75, 3.05) is 5.75 Å². The fraction of sp³-hybridized carbons (Fsp3) is 0.412. The van der Waals surface area contributed by atoms with Crippen LogP contribution in [0.1, 0.15) is 41.6 Å². The fourth-order valence-corrected chi connectivity index (χ4v) is 2.97. The summed E-state index contributed by atoms with van der Waals surface area (Å²) >= 11 is 1.22. The van der Waals surface area contributed by atoms with Crippen LogP contribution in [0.15, 0.2) is 29.4 Å². The SMILES string of the molecule is Cc1ccc(C(=O)N[C@@H](c2nnc(SCC(N)=O)n2C)C(C)C)cc1. The lowest BCUT2D eigenvalue weighted by molar-refractivity contribution is -0.115. The van der Waals surface area contributed by atoms with Gasteiger partial charge in [-0.3, -0.25) is 9.59 Å². The second kappa shape index (κ2) is 8.15. The summed E-state index contributed by atoms with van der Waals surface area (Å²) in [7, 11) is 1.81. The monoisotopic (exact) mass is 361 g/mol. The number of nitrogens with two attached hydrogens (primary N) is 1. The topological polar surface area (TPSA) is 103 Å². The lowest BCUT2D eigenvalue weighted by Gasteiger charge is -2.21. The van der Waals surface area contributed by atoms with Crippen molar-refractivity contribution < 1.29 is 9.59 Å². The number of nitrogens with one attached hydrogen (secondary N) is 1. The van der Waals surface area contributed by atoms with Crippen LogP contribution in [-0.2, 0) is 11.8 Å². The van der Waals surface area contributed by atoms with Crippen LogP contribution in [0.3, 0.4) is 0 Å². The first-order chi connectivity index (χ1) is 11.8. The maximum atomic E-state index is 12.5. The van der Waals surface area contributed by atoms with Gasteiger partial charge in [-0.1, -0.05) is 43.3 Å². The fourth-order valence-electron chi connectivity index (χ4n) is 2.32. The molecule has 7 nitrogen and oxygen atoms in total. The van der Waals surface area contributed by atoms with Gasteiger partial charge in [-0.25, -0.2) is 0 Å². The van der Waals surface area contributed by atoms with E-state index in [-0.39, 0.29) is 23.6 Å². The Morgan fingerprint density at radius 3 is 2.44 bits per heavy atom. The number of aryl methyl sites for hydroxylation is 1. The van der Waals surface area contributed by atoms with Crippen molar-refractivity contribution in [3.63, 3.8) is 0 Å². The van der Waals surface area contributed by atoms with Crippen LogP contribution in [-0.4, -0.2) is 32.3 Å². The Balaban J connectivity index is 2.19. The van der Waals surface area contributed by atoms with Gasteiger partial charge in [0, 0.05) is 12.6 Å². The molecule has 0 aliphatic carbocycles. The third-order valence-corrected chi connectivity index (χ3v) is 4.80. The van der Waals surface area contributed by atoms with Crippen LogP contribution in [0.5, 0.6) is 0 Å². The highest BCUT2D eigenvalue weighted by Crippen LogP contribution is 2.24. The lowest BCUT2D eigenvalue weighted by atomic mass is 10.0. The number of amides is 2. The van der Waals surface area contributed by atoms with E-state index in [0.717, 1.165) is 5.56 Å². The summed E-state index contributed by atoms with van der Waals surface area (Å²) in [5.74, 6) is 0.318. The summed E-state index contributed by atoms with van der Waals surface area (Å²) < 4.78 is 1.79. The highest BCUT2D eigenvalue weighted by atomic mass is 32.2. The normalized spacial score (nSPS) is 12.2. The van der Waals surface area contributed by atoms with Crippen molar-refractivity contribution in [3.8, 4) is 0 Å². The smallest absolute Gasteiger partial charge is 0.251 e. The summed E-state index contributed by atoms with van der Waals surface area (Å²) in [6, 6.07) is 7.11. The van der Waals surface area contributed by atoms with Crippen molar-refractivity contribution >= 4 is 23.6 Å². The molecule has 0 radical (unpaired) electrons. The lowest BCUT2D eigenvalue weighted by Crippen LogP contribution is -2.33. The summed E-state index contributed by atoms with van der Waals surface area (Å²) in [6.45, 7) is 5.99. The van der Waals surface area contributed by atoms with E-state index in [2.05, 4.69) is 15.5 Å². The first kappa shape index (κ1) is 19.0. The van der Waals surface area contributed by atoms with Crippen molar-refractivity contribution in [2.45, 2.75) is 32.0 Å². The summed E-state index contributed by atoms with van der Waals surface area (Å²) in [5.41, 5.74) is 6.87. The largest absolute Gasteiger partial charge is 0.369 e. The molecule has 1 atom stereocenters. The molecule has 134 valence electrons. The summed E-state index contributed by atoms with van der Waals surface area (Å²) in [6.07, 6.45) is 0. The molecule has 0 saturated carbocycles. The predicted octanol–water partition coefficient (Wildman–Crippen LogP) is 1.83. The quantitative estimate of drug-likeness (QED) is 0.732. The molecule has 0 bridgehead atoms. The van der Waals surface area contributed by atoms with Crippen LogP contribution in [0.25, 0.3) is 0 Å². The number of thioether (sulfide) groups is 1. The van der Waals surface area contributed by atoms with Gasteiger partial charge >= 0.3 is 0 Å². The minimum absolute atomic E-state index is 0.117. The van der Waals surface area contributed by atoms with E-state index in [1.54, 1.807) is 16.7 Å². The molecule has 3 N–H and O–H groups in total. The molecule has 1 aromatic carbocycles. The average Bonchev–Trinajstić information content (AvgIpc) is 2.91. The van der Waals surface area contributed by atoms with Gasteiger partial charge in [0.05, 0.1) is 11.8 Å². The number of aromatic nitrogens is 3. The molecule has 0 aliphatic heterocycles. The van der Waals surface area contributed by atoms with Gasteiger partial charge in [0.2, 0.25) is 5.91 Å². The summed E-state index contributed by atoms with van der Waals surface area (Å²) in [5, 5.41) is 11.9. The number of hydrogen-bond donors (Lipinski definition) is 2. The highest BCUT2D eigenvalue weighted by molar-refractivity contribution is 7.99. The molecule has 0 saturated heterocycles. The van der Waals surface area contributed by atoms with Gasteiger partial charge in [0.15, 0.2) is 11.0 Å². The van der Waals surface area contributed by atoms with Crippen molar-refractivity contribution in [1.29, 1.82) is 0 Å². The molecule has 0 spiro atoms. The van der Waals surface area contributed by atoms with Crippen LogP contribution in [0.4, 0.5) is 0 Å². The minimum atomic E-state index is -0.414. The van der Waals surface area contributed by atoms with Crippen LogP contribution < -0.4 is 11.1 Å². The maximum Gasteiger partial charge on any atom is 0.251 e. The third-order valence-electron chi connectivity index (χ3n) is 3.76. The molecule has 2 amide bonds. The molecule has 0 aliphatic rings. The highest BCUT2D eigenvalue weighted by Gasteiger charge is 2.25. The maximum absolute atomic E-state index is 12.5. The van der Waals surface area contributed by atoms with E-state index >= 15 is 0 Å². The molecule has 2 rings (SSSR count). The number of benzene rings is 1. The molecule has 1 aromatic heterocycles. The van der Waals surface area contributed by atoms with E-state index in [9.17, 15) is 9.59 Å². The third kappa shape index (κ3) is 4.82. The van der Waals surface area contributed by atoms with Crippen LogP contribution in [0, 0.1) is 12.8 Å². The van der Waals surface area contributed by atoms with Gasteiger partial charge in [-0.2, -0.15) is 0 Å². The van der Waals surface area contributed by atoms with E-state index in [0.29, 0.717) is 16.5 Å². The number of carbonyl (C=O) groups is 2. The Morgan fingerprint density at radius 2 is 1.88 bits per heavy atom. The zero-order valence-corrected chi connectivity index (χ0v) is 15.6. The molecule has 2 aromatic rings. The second-order valence-corrected chi connectivity index (χ2v) is 7.16. The predicted molar refractivity (Wildman–Crippen MR) is 97.1 cm³/mol. The molecular formula is C17H23N5O2S. The minimum Gasteiger partial charge on any atom is -0.369 e. The Hall–Kier alpha value is -2.35. The number of primary amides is 1. The van der Waals surface area contributed by atoms with Gasteiger partial charge in [0.1, 0.15) is 0 Å². The molecular weight excluding hydrogens is 338 g/mol. The van der Waals surface area contributed by atoms with E-state index in [4.69, 9.17) is 5.73 Å². The Morgan fingerprint density at radius 1 is 1.24 bits per heavy atom. The Kier molecular flexibility index (Phi) is 6.19. The zero-order chi connectivity index (χ0) is 18.6. The molecule has 0 fully saturated rings. The van der Waals surface area contributed by atoms with Crippen molar-refractivity contribution in [1.82, 2.24) is 20.1 Å². The Labute approximate surface area is 151 Å². The first-order valence-electron chi connectivity index (χ1n) is 7.97. The average molecular weight is 361 g/mol. The standard InChI is InChI=1S/C17H23N5O2S/c1-10(2)14(19-16(24)12-7-5-11(3)6-8-12)15-20-21-17(22(15)4)25-9-13(18)23/h5-8,10,14H,9H2,1-4H3,(H2,18,23)(H,19,24)/t14-/m1/s1. The van der Waals surface area contributed by atoms with Crippen LogP contribution >= 0.6 is 11.8 Å². The van der Waals surface area contributed by atoms with Gasteiger partial charge in [0.25, 0.3) is 5.91 Å². The molecule has 1 heterocycles. The number of nitrogens with zero attached hydrogens (tertiary/aromatic N) is 3. The number of rotatable bonds is 7. The van der Waals surface area contributed by atoms with Crippen molar-refractivity contribution in [2.24, 2.45) is 18.7 Å². The first-order valence-corrected chi connectivity index (χ1v) is 8.96. The van der Waals surface area contributed by atoms with Crippen molar-refractivity contribution in [3.05, 3.63) is 41.2 Å². The second-order valence-electron chi connectivity index (χ2n) is 6.22. The molecule has 25 heavy (non-hydrogen) atoms. The zero-order valence-electron chi connectivity index (χ0n) is 14.8. The Bertz CT molecular complexity index is 755. The molecule has 0 unspecified atom stereocenters. The number of hydrogen-bond acceptors (Lipinski definition) is 5. The molecule has 8 heteroatoms. The van der Waals surface area contributed by atoms with E-state index in [1.807, 2.05) is 40.0 Å². The summed E-state index contributed by atoms with van der Waals surface area (Å²) in [4.78, 5) is 23.5.